The Morgan fingerprint density at radius 2 is 2.27 bits per heavy atom. The number of aliphatic imine (C=N–C) groups is 1. The minimum Gasteiger partial charge on any atom is -0.357 e. The lowest BCUT2D eigenvalue weighted by molar-refractivity contribution is 0.567. The molecule has 124 valence electrons. The summed E-state index contributed by atoms with van der Waals surface area (Å²) in [5.74, 6) is 1.50. The van der Waals surface area contributed by atoms with Gasteiger partial charge in [0.15, 0.2) is 15.8 Å². The molecular weight excluding hydrogens is 320 g/mol. The Morgan fingerprint density at radius 3 is 2.86 bits per heavy atom. The molecule has 2 heterocycles. The molecule has 0 bridgehead atoms. The van der Waals surface area contributed by atoms with E-state index < -0.39 is 9.84 Å². The van der Waals surface area contributed by atoms with E-state index >= 15 is 0 Å². The maximum Gasteiger partial charge on any atom is 0.191 e. The molecule has 1 aliphatic heterocycles. The summed E-state index contributed by atoms with van der Waals surface area (Å²) in [6.07, 6.45) is 3.64. The van der Waals surface area contributed by atoms with Gasteiger partial charge in [0.2, 0.25) is 0 Å². The summed E-state index contributed by atoms with van der Waals surface area (Å²) in [5.41, 5.74) is 0. The summed E-state index contributed by atoms with van der Waals surface area (Å²) in [6.45, 7) is 6.08. The van der Waals surface area contributed by atoms with Gasteiger partial charge in [-0.3, -0.25) is 0 Å². The molecule has 1 aromatic rings. The molecule has 6 nitrogen and oxygen atoms in total. The van der Waals surface area contributed by atoms with Gasteiger partial charge in [-0.1, -0.05) is 6.92 Å². The van der Waals surface area contributed by atoms with Crippen molar-refractivity contribution < 1.29 is 8.42 Å². The van der Waals surface area contributed by atoms with E-state index in [0.717, 1.165) is 30.4 Å². The Bertz CT molecular complexity index is 610. The summed E-state index contributed by atoms with van der Waals surface area (Å²) < 4.78 is 22.9. The van der Waals surface area contributed by atoms with Gasteiger partial charge in [-0.15, -0.1) is 11.3 Å². The highest BCUT2D eigenvalue weighted by Gasteiger charge is 2.27. The van der Waals surface area contributed by atoms with Crippen molar-refractivity contribution in [1.29, 1.82) is 0 Å². The number of guanidine groups is 1. The van der Waals surface area contributed by atoms with Crippen LogP contribution in [0.2, 0.25) is 0 Å². The molecule has 1 saturated heterocycles. The molecule has 2 N–H and O–H groups in total. The molecule has 22 heavy (non-hydrogen) atoms. The monoisotopic (exact) mass is 344 g/mol. The molecule has 0 saturated carbocycles. The molecule has 0 aliphatic carbocycles. The standard InChI is InChI=1S/C14H24N4O2S2/c1-3-12-8-16-13(21-12)9-18-14(15-4-2)17-7-11-5-6-22(19,20)10-11/h8,11H,3-7,9-10H2,1-2H3,(H2,15,17,18). The Kier molecular flexibility index (Phi) is 6.19. The van der Waals surface area contributed by atoms with E-state index in [1.54, 1.807) is 11.3 Å². The van der Waals surface area contributed by atoms with Crippen LogP contribution in [0.5, 0.6) is 0 Å². The molecule has 0 spiro atoms. The smallest absolute Gasteiger partial charge is 0.191 e. The Balaban J connectivity index is 1.87. The van der Waals surface area contributed by atoms with Gasteiger partial charge >= 0.3 is 0 Å². The predicted octanol–water partition coefficient (Wildman–Crippen LogP) is 1.20. The minimum atomic E-state index is -2.82. The quantitative estimate of drug-likeness (QED) is 0.598. The highest BCUT2D eigenvalue weighted by molar-refractivity contribution is 7.91. The molecule has 1 unspecified atom stereocenters. The van der Waals surface area contributed by atoms with Gasteiger partial charge in [-0.2, -0.15) is 0 Å². The SMILES string of the molecule is CCNC(=NCc1ncc(CC)s1)NCC1CCS(=O)(=O)C1. The van der Waals surface area contributed by atoms with E-state index in [0.29, 0.717) is 18.8 Å². The first-order chi connectivity index (χ1) is 10.5. The number of hydrogen-bond acceptors (Lipinski definition) is 5. The highest BCUT2D eigenvalue weighted by Crippen LogP contribution is 2.17. The number of aryl methyl sites for hydroxylation is 1. The fraction of sp³-hybridized carbons (Fsp3) is 0.714. The first-order valence-corrected chi connectivity index (χ1v) is 10.3. The van der Waals surface area contributed by atoms with Crippen LogP contribution in [-0.2, 0) is 22.8 Å². The number of sulfone groups is 1. The summed E-state index contributed by atoms with van der Waals surface area (Å²) in [7, 11) is -2.82. The van der Waals surface area contributed by atoms with Crippen molar-refractivity contribution in [3.05, 3.63) is 16.1 Å². The normalized spacial score (nSPS) is 21.0. The summed E-state index contributed by atoms with van der Waals surface area (Å²) in [4.78, 5) is 10.1. The second-order valence-corrected chi connectivity index (χ2v) is 8.85. The van der Waals surface area contributed by atoms with Crippen LogP contribution >= 0.6 is 11.3 Å². The van der Waals surface area contributed by atoms with Crippen LogP contribution in [0.25, 0.3) is 0 Å². The van der Waals surface area contributed by atoms with E-state index in [-0.39, 0.29) is 11.7 Å². The molecule has 1 atom stereocenters. The number of nitrogens with zero attached hydrogens (tertiary/aromatic N) is 2. The van der Waals surface area contributed by atoms with Crippen molar-refractivity contribution in [2.75, 3.05) is 24.6 Å². The fourth-order valence-corrected chi connectivity index (χ4v) is 5.00. The molecule has 1 aromatic heterocycles. The molecule has 1 aliphatic rings. The average molecular weight is 345 g/mol. The molecule has 0 amide bonds. The van der Waals surface area contributed by atoms with Crippen LogP contribution in [0, 0.1) is 5.92 Å². The van der Waals surface area contributed by atoms with Crippen molar-refractivity contribution in [2.45, 2.75) is 33.2 Å². The average Bonchev–Trinajstić information content (AvgIpc) is 3.08. The van der Waals surface area contributed by atoms with Gasteiger partial charge in [0.1, 0.15) is 5.01 Å². The van der Waals surface area contributed by atoms with Crippen molar-refractivity contribution in [3.63, 3.8) is 0 Å². The van der Waals surface area contributed by atoms with Crippen LogP contribution in [-0.4, -0.2) is 44.0 Å². The second-order valence-electron chi connectivity index (χ2n) is 5.42. The Morgan fingerprint density at radius 1 is 1.45 bits per heavy atom. The van der Waals surface area contributed by atoms with Crippen molar-refractivity contribution in [3.8, 4) is 0 Å². The highest BCUT2D eigenvalue weighted by atomic mass is 32.2. The molecule has 2 rings (SSSR count). The molecule has 0 aromatic carbocycles. The first kappa shape index (κ1) is 17.2. The van der Waals surface area contributed by atoms with E-state index in [4.69, 9.17) is 0 Å². The van der Waals surface area contributed by atoms with Crippen LogP contribution in [0.1, 0.15) is 30.2 Å². The zero-order chi connectivity index (χ0) is 16.0. The lowest BCUT2D eigenvalue weighted by Crippen LogP contribution is -2.40. The van der Waals surface area contributed by atoms with Gasteiger partial charge in [0.25, 0.3) is 0 Å². The third-order valence-corrected chi connectivity index (χ3v) is 6.51. The maximum atomic E-state index is 11.5. The lowest BCUT2D eigenvalue weighted by atomic mass is 10.1. The third kappa shape index (κ3) is 5.24. The van der Waals surface area contributed by atoms with Gasteiger partial charge in [0, 0.05) is 24.2 Å². The van der Waals surface area contributed by atoms with Crippen molar-refractivity contribution in [2.24, 2.45) is 10.9 Å². The van der Waals surface area contributed by atoms with Crippen LogP contribution in [0.4, 0.5) is 0 Å². The number of hydrogen-bond donors (Lipinski definition) is 2. The van der Waals surface area contributed by atoms with Crippen LogP contribution in [0.15, 0.2) is 11.2 Å². The number of rotatable bonds is 6. The van der Waals surface area contributed by atoms with Crippen LogP contribution < -0.4 is 10.6 Å². The predicted molar refractivity (Wildman–Crippen MR) is 91.1 cm³/mol. The van der Waals surface area contributed by atoms with E-state index in [2.05, 4.69) is 27.5 Å². The topological polar surface area (TPSA) is 83.4 Å². The Hall–Kier alpha value is -1.15. The maximum absolute atomic E-state index is 11.5. The number of thiazole rings is 1. The molecule has 0 radical (unpaired) electrons. The number of nitrogens with one attached hydrogen (secondary N) is 2. The second kappa shape index (κ2) is 7.92. The van der Waals surface area contributed by atoms with Gasteiger partial charge in [-0.25, -0.2) is 18.4 Å². The molecule has 8 heteroatoms. The summed E-state index contributed by atoms with van der Waals surface area (Å²) in [5, 5.41) is 7.43. The van der Waals surface area contributed by atoms with Crippen molar-refractivity contribution >= 4 is 27.1 Å². The van der Waals surface area contributed by atoms with Crippen LogP contribution in [0.3, 0.4) is 0 Å². The largest absolute Gasteiger partial charge is 0.357 e. The Labute approximate surface area is 136 Å². The zero-order valence-electron chi connectivity index (χ0n) is 13.1. The summed E-state index contributed by atoms with van der Waals surface area (Å²) in [6, 6.07) is 0. The van der Waals surface area contributed by atoms with Gasteiger partial charge < -0.3 is 10.6 Å². The first-order valence-electron chi connectivity index (χ1n) is 7.68. The molecule has 1 fully saturated rings. The van der Waals surface area contributed by atoms with Crippen molar-refractivity contribution in [1.82, 2.24) is 15.6 Å². The van der Waals surface area contributed by atoms with E-state index in [1.807, 2.05) is 13.1 Å². The zero-order valence-corrected chi connectivity index (χ0v) is 14.8. The van der Waals surface area contributed by atoms with Gasteiger partial charge in [0.05, 0.1) is 18.1 Å². The fourth-order valence-electron chi connectivity index (χ4n) is 2.35. The van der Waals surface area contributed by atoms with Gasteiger partial charge in [-0.05, 0) is 25.7 Å². The minimum absolute atomic E-state index is 0.181. The third-order valence-electron chi connectivity index (χ3n) is 3.55. The molecular formula is C14H24N4O2S2. The number of aromatic nitrogens is 1. The van der Waals surface area contributed by atoms with E-state index in [1.165, 1.54) is 4.88 Å². The van der Waals surface area contributed by atoms with E-state index in [9.17, 15) is 8.42 Å². The lowest BCUT2D eigenvalue weighted by Gasteiger charge is -2.13. The summed E-state index contributed by atoms with van der Waals surface area (Å²) >= 11 is 1.68.